The van der Waals surface area contributed by atoms with Gasteiger partial charge in [0.1, 0.15) is 0 Å². The number of rotatable bonds is 7. The van der Waals surface area contributed by atoms with E-state index in [-0.39, 0.29) is 24.5 Å². The Morgan fingerprint density at radius 2 is 2.41 bits per heavy atom. The third-order valence-corrected chi connectivity index (χ3v) is 2.24. The van der Waals surface area contributed by atoms with E-state index >= 15 is 0 Å². The third-order valence-electron chi connectivity index (χ3n) is 2.24. The summed E-state index contributed by atoms with van der Waals surface area (Å²) in [4.78, 5) is 15.8. The number of nitrogens with zero attached hydrogens (tertiary/aromatic N) is 2. The highest BCUT2D eigenvalue weighted by Gasteiger charge is 2.07. The lowest BCUT2D eigenvalue weighted by atomic mass is 10.4. The molecule has 1 atom stereocenters. The molecule has 0 aliphatic rings. The molecule has 0 aliphatic carbocycles. The van der Waals surface area contributed by atoms with Gasteiger partial charge in [0.15, 0.2) is 5.82 Å². The Bertz CT molecular complexity index is 392. The molecule has 0 aliphatic heterocycles. The molecule has 17 heavy (non-hydrogen) atoms. The first-order valence-electron chi connectivity index (χ1n) is 5.65. The van der Waals surface area contributed by atoms with Crippen LogP contribution in [0.15, 0.2) is 17.2 Å². The Morgan fingerprint density at radius 1 is 1.65 bits per heavy atom. The second-order valence-electron chi connectivity index (χ2n) is 3.76. The maximum absolute atomic E-state index is 11.9. The van der Waals surface area contributed by atoms with Gasteiger partial charge in [-0.3, -0.25) is 4.79 Å². The predicted octanol–water partition coefficient (Wildman–Crippen LogP) is 0.0725. The predicted molar refractivity (Wildman–Crippen MR) is 65.2 cm³/mol. The summed E-state index contributed by atoms with van der Waals surface area (Å²) >= 11 is 0. The molecule has 96 valence electrons. The van der Waals surface area contributed by atoms with E-state index in [1.54, 1.807) is 17.0 Å². The standard InChI is InChI=1S/C11H19N3O3/c1-3-5-14-6-4-12-10(11(14)16)13-7-9(15)8-17-2/h4,6,9,15H,3,5,7-8H2,1-2H3,(H,12,13). The number of aryl methyl sites for hydroxylation is 1. The van der Waals surface area contributed by atoms with Gasteiger partial charge in [-0.1, -0.05) is 6.92 Å². The van der Waals surface area contributed by atoms with E-state index in [0.29, 0.717) is 6.54 Å². The number of methoxy groups -OCH3 is 1. The van der Waals surface area contributed by atoms with Gasteiger partial charge in [0.25, 0.3) is 5.56 Å². The third kappa shape index (κ3) is 4.16. The largest absolute Gasteiger partial charge is 0.389 e. The molecule has 1 unspecified atom stereocenters. The summed E-state index contributed by atoms with van der Waals surface area (Å²) in [5, 5.41) is 12.3. The molecule has 1 aromatic heterocycles. The summed E-state index contributed by atoms with van der Waals surface area (Å²) in [6.45, 7) is 3.13. The van der Waals surface area contributed by atoms with Gasteiger partial charge in [-0.05, 0) is 6.42 Å². The number of aliphatic hydroxyl groups is 1. The van der Waals surface area contributed by atoms with Gasteiger partial charge >= 0.3 is 0 Å². The van der Waals surface area contributed by atoms with Crippen LogP contribution < -0.4 is 10.9 Å². The van der Waals surface area contributed by atoms with Crippen LogP contribution in [-0.4, -0.2) is 41.0 Å². The van der Waals surface area contributed by atoms with Crippen molar-refractivity contribution in [3.8, 4) is 0 Å². The summed E-state index contributed by atoms with van der Waals surface area (Å²) in [6, 6.07) is 0. The number of aromatic nitrogens is 2. The van der Waals surface area contributed by atoms with Crippen LogP contribution in [0.3, 0.4) is 0 Å². The van der Waals surface area contributed by atoms with E-state index in [2.05, 4.69) is 10.3 Å². The average Bonchev–Trinajstić information content (AvgIpc) is 2.31. The number of aliphatic hydroxyl groups excluding tert-OH is 1. The molecule has 0 aromatic carbocycles. The highest BCUT2D eigenvalue weighted by atomic mass is 16.5. The van der Waals surface area contributed by atoms with Crippen LogP contribution in [0.5, 0.6) is 0 Å². The van der Waals surface area contributed by atoms with Crippen molar-refractivity contribution in [3.05, 3.63) is 22.7 Å². The van der Waals surface area contributed by atoms with E-state index in [1.165, 1.54) is 7.11 Å². The lowest BCUT2D eigenvalue weighted by Crippen LogP contribution is -2.29. The normalized spacial score (nSPS) is 12.4. The van der Waals surface area contributed by atoms with Crippen molar-refractivity contribution in [2.75, 3.05) is 25.6 Å². The fourth-order valence-corrected chi connectivity index (χ4v) is 1.45. The van der Waals surface area contributed by atoms with E-state index in [1.807, 2.05) is 6.92 Å². The topological polar surface area (TPSA) is 76.4 Å². The second kappa shape index (κ2) is 7.03. The van der Waals surface area contributed by atoms with Gasteiger partial charge in [-0.25, -0.2) is 4.98 Å². The summed E-state index contributed by atoms with van der Waals surface area (Å²) in [7, 11) is 1.51. The fourth-order valence-electron chi connectivity index (χ4n) is 1.45. The van der Waals surface area contributed by atoms with Crippen molar-refractivity contribution in [1.82, 2.24) is 9.55 Å². The molecule has 6 heteroatoms. The summed E-state index contributed by atoms with van der Waals surface area (Å²) in [6.07, 6.45) is 3.46. The molecule has 0 spiro atoms. The molecular weight excluding hydrogens is 222 g/mol. The Morgan fingerprint density at radius 3 is 3.06 bits per heavy atom. The molecule has 1 aromatic rings. The zero-order valence-electron chi connectivity index (χ0n) is 10.2. The molecule has 0 bridgehead atoms. The Balaban J connectivity index is 2.65. The summed E-state index contributed by atoms with van der Waals surface area (Å²) < 4.78 is 6.39. The van der Waals surface area contributed by atoms with Crippen LogP contribution in [0.2, 0.25) is 0 Å². The van der Waals surface area contributed by atoms with Crippen LogP contribution in [0, 0.1) is 0 Å². The Kier molecular flexibility index (Phi) is 5.65. The van der Waals surface area contributed by atoms with Crippen LogP contribution in [0.25, 0.3) is 0 Å². The SMILES string of the molecule is CCCn1ccnc(NCC(O)COC)c1=O. The van der Waals surface area contributed by atoms with Gasteiger partial charge in [0.2, 0.25) is 0 Å². The highest BCUT2D eigenvalue weighted by Crippen LogP contribution is 1.95. The molecule has 0 radical (unpaired) electrons. The molecule has 6 nitrogen and oxygen atoms in total. The number of hydrogen-bond donors (Lipinski definition) is 2. The minimum absolute atomic E-state index is 0.168. The monoisotopic (exact) mass is 241 g/mol. The highest BCUT2D eigenvalue weighted by molar-refractivity contribution is 5.30. The maximum atomic E-state index is 11.9. The summed E-state index contributed by atoms with van der Waals surface area (Å²) in [5.74, 6) is 0.260. The van der Waals surface area contributed by atoms with Crippen LogP contribution >= 0.6 is 0 Å². The summed E-state index contributed by atoms with van der Waals surface area (Å²) in [5.41, 5.74) is -0.168. The molecule has 0 saturated heterocycles. The molecule has 0 fully saturated rings. The van der Waals surface area contributed by atoms with E-state index in [9.17, 15) is 9.90 Å². The van der Waals surface area contributed by atoms with Gasteiger partial charge in [-0.2, -0.15) is 0 Å². The molecular formula is C11H19N3O3. The van der Waals surface area contributed by atoms with Crippen LogP contribution in [-0.2, 0) is 11.3 Å². The van der Waals surface area contributed by atoms with Gasteiger partial charge in [0, 0.05) is 32.6 Å². The van der Waals surface area contributed by atoms with Crippen LogP contribution in [0.4, 0.5) is 5.82 Å². The lowest BCUT2D eigenvalue weighted by Gasteiger charge is -2.11. The average molecular weight is 241 g/mol. The zero-order chi connectivity index (χ0) is 12.7. The van der Waals surface area contributed by atoms with Gasteiger partial charge in [-0.15, -0.1) is 0 Å². The van der Waals surface area contributed by atoms with Crippen molar-refractivity contribution in [1.29, 1.82) is 0 Å². The number of anilines is 1. The fraction of sp³-hybridized carbons (Fsp3) is 0.636. The number of nitrogens with one attached hydrogen (secondary N) is 1. The maximum Gasteiger partial charge on any atom is 0.293 e. The minimum Gasteiger partial charge on any atom is -0.389 e. The molecule has 1 rings (SSSR count). The first kappa shape index (κ1) is 13.7. The first-order valence-corrected chi connectivity index (χ1v) is 5.65. The molecule has 1 heterocycles. The van der Waals surface area contributed by atoms with Crippen molar-refractivity contribution >= 4 is 5.82 Å². The Hall–Kier alpha value is -1.40. The quantitative estimate of drug-likeness (QED) is 0.706. The van der Waals surface area contributed by atoms with E-state index < -0.39 is 6.10 Å². The first-order chi connectivity index (χ1) is 8.19. The number of ether oxygens (including phenoxy) is 1. The minimum atomic E-state index is -0.652. The molecule has 2 N–H and O–H groups in total. The zero-order valence-corrected chi connectivity index (χ0v) is 10.2. The van der Waals surface area contributed by atoms with E-state index in [4.69, 9.17) is 4.74 Å². The van der Waals surface area contributed by atoms with Crippen molar-refractivity contribution in [2.24, 2.45) is 0 Å². The van der Waals surface area contributed by atoms with Crippen molar-refractivity contribution in [3.63, 3.8) is 0 Å². The second-order valence-corrected chi connectivity index (χ2v) is 3.76. The number of hydrogen-bond acceptors (Lipinski definition) is 5. The van der Waals surface area contributed by atoms with E-state index in [0.717, 1.165) is 6.42 Å². The van der Waals surface area contributed by atoms with Crippen LogP contribution in [0.1, 0.15) is 13.3 Å². The molecule has 0 saturated carbocycles. The Labute approximate surface area is 100 Å². The molecule has 0 amide bonds. The smallest absolute Gasteiger partial charge is 0.293 e. The van der Waals surface area contributed by atoms with Crippen molar-refractivity contribution < 1.29 is 9.84 Å². The van der Waals surface area contributed by atoms with Gasteiger partial charge in [0.05, 0.1) is 12.7 Å². The van der Waals surface area contributed by atoms with Crippen molar-refractivity contribution in [2.45, 2.75) is 26.0 Å². The lowest BCUT2D eigenvalue weighted by molar-refractivity contribution is 0.0727. The van der Waals surface area contributed by atoms with Gasteiger partial charge < -0.3 is 19.7 Å².